The molecular weight excluding hydrogens is 503 g/mol. The molecule has 5 N–H and O–H groups in total. The van der Waals surface area contributed by atoms with E-state index in [-0.39, 0.29) is 12.0 Å². The third kappa shape index (κ3) is 5.66. The number of imidazole rings is 1. The van der Waals surface area contributed by atoms with Crippen LogP contribution < -0.4 is 16.4 Å². The summed E-state index contributed by atoms with van der Waals surface area (Å²) < 4.78 is 14.5. The second-order valence-electron chi connectivity index (χ2n) is 11.3. The number of hydrogen-bond acceptors (Lipinski definition) is 7. The minimum Gasteiger partial charge on any atom is -0.351 e. The van der Waals surface area contributed by atoms with Gasteiger partial charge in [0, 0.05) is 41.2 Å². The van der Waals surface area contributed by atoms with Crippen molar-refractivity contribution in [2.45, 2.75) is 101 Å². The van der Waals surface area contributed by atoms with Crippen LogP contribution in [0.15, 0.2) is 24.5 Å². The number of rotatable bonds is 7. The van der Waals surface area contributed by atoms with Crippen molar-refractivity contribution in [2.75, 3.05) is 11.9 Å². The van der Waals surface area contributed by atoms with Crippen LogP contribution in [0.2, 0.25) is 5.02 Å². The first-order valence-corrected chi connectivity index (χ1v) is 14.6. The number of aromatic amines is 1. The molecule has 3 unspecified atom stereocenters. The highest BCUT2D eigenvalue weighted by molar-refractivity contribution is 6.31. The number of benzene rings is 1. The van der Waals surface area contributed by atoms with Gasteiger partial charge in [-0.2, -0.15) is 4.98 Å². The Balaban J connectivity index is 1.14. The number of aromatic nitrogens is 4. The highest BCUT2D eigenvalue weighted by atomic mass is 35.5. The first-order valence-electron chi connectivity index (χ1n) is 14.2. The van der Waals surface area contributed by atoms with Crippen molar-refractivity contribution in [1.29, 1.82) is 0 Å². The Morgan fingerprint density at radius 1 is 1.05 bits per heavy atom. The number of H-pyrrole nitrogens is 1. The molecule has 3 aromatic rings. The van der Waals surface area contributed by atoms with Crippen molar-refractivity contribution in [1.82, 2.24) is 30.2 Å². The van der Waals surface area contributed by atoms with Crippen LogP contribution in [0.25, 0.3) is 11.2 Å². The van der Waals surface area contributed by atoms with Crippen LogP contribution in [0, 0.1) is 5.82 Å². The highest BCUT2D eigenvalue weighted by Gasteiger charge is 2.33. The molecule has 2 aromatic heterocycles. The quantitative estimate of drug-likeness (QED) is 0.331. The second kappa shape index (κ2) is 11.4. The first kappa shape index (κ1) is 25.9. The number of nitrogens with two attached hydrogens (primary N) is 1. The Labute approximate surface area is 228 Å². The molecule has 6 rings (SSSR count). The smallest absolute Gasteiger partial charge is 0.225 e. The van der Waals surface area contributed by atoms with Crippen molar-refractivity contribution < 1.29 is 4.39 Å². The van der Waals surface area contributed by atoms with Crippen molar-refractivity contribution in [2.24, 2.45) is 5.73 Å². The van der Waals surface area contributed by atoms with E-state index in [0.29, 0.717) is 47.1 Å². The molecule has 1 saturated heterocycles. The summed E-state index contributed by atoms with van der Waals surface area (Å²) in [5, 5.41) is 7.99. The summed E-state index contributed by atoms with van der Waals surface area (Å²) >= 11 is 6.35. The molecule has 2 saturated carbocycles. The van der Waals surface area contributed by atoms with Gasteiger partial charge in [0.25, 0.3) is 0 Å². The molecule has 8 nitrogen and oxygen atoms in total. The monoisotopic (exact) mass is 540 g/mol. The van der Waals surface area contributed by atoms with Gasteiger partial charge < -0.3 is 16.0 Å². The molecule has 3 aliphatic rings. The van der Waals surface area contributed by atoms with E-state index in [1.165, 1.54) is 12.5 Å². The van der Waals surface area contributed by atoms with E-state index in [9.17, 15) is 4.39 Å². The number of fused-ring (bicyclic) bond motifs is 1. The normalized spacial score (nSPS) is 28.7. The number of anilines is 1. The zero-order chi connectivity index (χ0) is 26.1. The molecule has 0 radical (unpaired) electrons. The summed E-state index contributed by atoms with van der Waals surface area (Å²) in [6, 6.07) is 5.99. The first-order chi connectivity index (χ1) is 18.5. The lowest BCUT2D eigenvalue weighted by atomic mass is 9.92. The summed E-state index contributed by atoms with van der Waals surface area (Å²) in [6.07, 6.45) is 12.6. The van der Waals surface area contributed by atoms with Crippen LogP contribution in [-0.2, 0) is 6.54 Å². The van der Waals surface area contributed by atoms with Crippen molar-refractivity contribution >= 4 is 28.7 Å². The van der Waals surface area contributed by atoms with E-state index in [1.54, 1.807) is 18.5 Å². The van der Waals surface area contributed by atoms with Crippen LogP contribution in [0.1, 0.15) is 81.4 Å². The molecule has 3 heterocycles. The van der Waals surface area contributed by atoms with Crippen LogP contribution >= 0.6 is 11.6 Å². The van der Waals surface area contributed by atoms with E-state index < -0.39 is 0 Å². The summed E-state index contributed by atoms with van der Waals surface area (Å²) in [7, 11) is 0. The molecule has 0 spiro atoms. The topological polar surface area (TPSA) is 108 Å². The van der Waals surface area contributed by atoms with Crippen LogP contribution in [-0.4, -0.2) is 55.7 Å². The fourth-order valence-corrected chi connectivity index (χ4v) is 6.79. The average molecular weight is 541 g/mol. The molecule has 1 aromatic carbocycles. The molecule has 2 aliphatic carbocycles. The van der Waals surface area contributed by atoms with Crippen molar-refractivity contribution in [3.63, 3.8) is 0 Å². The van der Waals surface area contributed by atoms with E-state index in [0.717, 1.165) is 81.2 Å². The largest absolute Gasteiger partial charge is 0.351 e. The fourth-order valence-electron chi connectivity index (χ4n) is 6.57. The predicted octanol–water partition coefficient (Wildman–Crippen LogP) is 5.07. The zero-order valence-electron chi connectivity index (χ0n) is 21.8. The molecular formula is C28H38ClFN8. The molecule has 10 heteroatoms. The third-order valence-corrected chi connectivity index (χ3v) is 9.06. The van der Waals surface area contributed by atoms with E-state index in [4.69, 9.17) is 27.3 Å². The van der Waals surface area contributed by atoms with E-state index >= 15 is 0 Å². The van der Waals surface area contributed by atoms with Gasteiger partial charge in [-0.25, -0.2) is 14.4 Å². The number of hydrogen-bond donors (Lipinski definition) is 4. The lowest BCUT2D eigenvalue weighted by molar-refractivity contribution is 0.101. The lowest BCUT2D eigenvalue weighted by Crippen LogP contribution is -2.51. The number of halogens is 2. The van der Waals surface area contributed by atoms with Gasteiger partial charge in [-0.15, -0.1) is 0 Å². The lowest BCUT2D eigenvalue weighted by Gasteiger charge is -2.38. The van der Waals surface area contributed by atoms with Gasteiger partial charge in [-0.05, 0) is 82.9 Å². The molecule has 3 fully saturated rings. The summed E-state index contributed by atoms with van der Waals surface area (Å²) in [5.74, 6) is 0.782. The Morgan fingerprint density at radius 3 is 2.74 bits per heavy atom. The van der Waals surface area contributed by atoms with Gasteiger partial charge in [0.1, 0.15) is 11.3 Å². The highest BCUT2D eigenvalue weighted by Crippen LogP contribution is 2.37. The predicted molar refractivity (Wildman–Crippen MR) is 149 cm³/mol. The molecule has 1 aliphatic heterocycles. The Kier molecular flexibility index (Phi) is 7.79. The molecule has 204 valence electrons. The van der Waals surface area contributed by atoms with Gasteiger partial charge in [-0.3, -0.25) is 10.2 Å². The molecule has 0 bridgehead atoms. The van der Waals surface area contributed by atoms with Gasteiger partial charge >= 0.3 is 0 Å². The van der Waals surface area contributed by atoms with Crippen molar-refractivity contribution in [3.05, 3.63) is 46.6 Å². The van der Waals surface area contributed by atoms with Crippen LogP contribution in [0.4, 0.5) is 10.3 Å². The number of nitrogens with one attached hydrogen (secondary N) is 3. The third-order valence-electron chi connectivity index (χ3n) is 8.70. The van der Waals surface area contributed by atoms with E-state index in [2.05, 4.69) is 25.5 Å². The number of piperidine rings is 1. The number of nitrogens with zero attached hydrogens (tertiary/aromatic N) is 4. The van der Waals surface area contributed by atoms with Crippen molar-refractivity contribution in [3.8, 4) is 0 Å². The Hall–Kier alpha value is -2.33. The summed E-state index contributed by atoms with van der Waals surface area (Å²) in [6.45, 7) is 1.47. The maximum absolute atomic E-state index is 14.5. The second-order valence-corrected chi connectivity index (χ2v) is 11.8. The summed E-state index contributed by atoms with van der Waals surface area (Å²) in [4.78, 5) is 19.8. The maximum Gasteiger partial charge on any atom is 0.225 e. The fraction of sp³-hybridized carbons (Fsp3) is 0.607. The number of likely N-dealkylation sites (tertiary alicyclic amines) is 1. The van der Waals surface area contributed by atoms with Gasteiger partial charge in [0.05, 0.1) is 18.2 Å². The van der Waals surface area contributed by atoms with Gasteiger partial charge in [0.15, 0.2) is 5.65 Å². The SMILES string of the molecule is NC1CCC(Nc2nc(C3CCC(NC4CCCCN4Cc4c(F)cccc4Cl)C3)c3[nH]cnc3n2)CC1. The molecule has 0 amide bonds. The van der Waals surface area contributed by atoms with Gasteiger partial charge in [-0.1, -0.05) is 17.7 Å². The minimum absolute atomic E-state index is 0.218. The van der Waals surface area contributed by atoms with Crippen LogP contribution in [0.5, 0.6) is 0 Å². The van der Waals surface area contributed by atoms with Gasteiger partial charge in [0.2, 0.25) is 5.95 Å². The Bertz CT molecular complexity index is 1220. The standard InChI is InChI=1S/C28H38ClFN8/c29-22-4-3-5-23(30)21(22)15-38-13-2-1-6-24(38)34-20-10-7-17(14-20)25-26-27(33-16-32-26)37-28(36-25)35-19-11-8-18(31)9-12-19/h3-5,16-20,24,34H,1-2,6-15,31H2,(H2,32,33,35,36,37). The maximum atomic E-state index is 14.5. The van der Waals surface area contributed by atoms with Crippen LogP contribution in [0.3, 0.4) is 0 Å². The average Bonchev–Trinajstić information content (AvgIpc) is 3.58. The van der Waals surface area contributed by atoms with E-state index in [1.807, 2.05) is 0 Å². The minimum atomic E-state index is -0.226. The summed E-state index contributed by atoms with van der Waals surface area (Å²) in [5.41, 5.74) is 9.41. The zero-order valence-corrected chi connectivity index (χ0v) is 22.6. The molecule has 3 atom stereocenters. The molecule has 38 heavy (non-hydrogen) atoms. The Morgan fingerprint density at radius 2 is 1.89 bits per heavy atom.